The van der Waals surface area contributed by atoms with Gasteiger partial charge in [-0.1, -0.05) is 20.3 Å². The number of aryl methyl sites for hydroxylation is 2. The summed E-state index contributed by atoms with van der Waals surface area (Å²) in [5, 5.41) is 13.6. The number of rotatable bonds is 9. The maximum absolute atomic E-state index is 12.9. The second-order valence-corrected chi connectivity index (χ2v) is 7.58. The third-order valence-corrected chi connectivity index (χ3v) is 5.00. The number of hydrogen-bond donors (Lipinski definition) is 3. The van der Waals surface area contributed by atoms with Crippen LogP contribution in [0.25, 0.3) is 22.4 Å². The molecule has 0 saturated carbocycles. The van der Waals surface area contributed by atoms with Gasteiger partial charge < -0.3 is 25.5 Å². The zero-order valence-corrected chi connectivity index (χ0v) is 19.1. The molecule has 3 rings (SSSR count). The predicted octanol–water partition coefficient (Wildman–Crippen LogP) is 1.94. The highest BCUT2D eigenvalue weighted by molar-refractivity contribution is 5.83. The van der Waals surface area contributed by atoms with Crippen molar-refractivity contribution in [3.8, 4) is 17.1 Å². The molecule has 0 fully saturated rings. The number of guanidine groups is 1. The van der Waals surface area contributed by atoms with Gasteiger partial charge in [0.15, 0.2) is 11.5 Å². The summed E-state index contributed by atoms with van der Waals surface area (Å²) < 4.78 is 7.49. The summed E-state index contributed by atoms with van der Waals surface area (Å²) >= 11 is 0. The summed E-state index contributed by atoms with van der Waals surface area (Å²) in [5.74, 6) is 1.25. The number of aliphatic hydroxyl groups is 1. The van der Waals surface area contributed by atoms with E-state index in [1.54, 1.807) is 41.9 Å². The average molecular weight is 442 g/mol. The Bertz CT molecular complexity index is 1170. The van der Waals surface area contributed by atoms with Crippen LogP contribution < -0.4 is 16.0 Å². The molecular weight excluding hydrogens is 410 g/mol. The first-order valence-electron chi connectivity index (χ1n) is 10.8. The molecule has 0 radical (unpaired) electrons. The van der Waals surface area contributed by atoms with E-state index in [0.29, 0.717) is 47.0 Å². The largest absolute Gasteiger partial charge is 0.493 e. The average Bonchev–Trinajstić information content (AvgIpc) is 3.08. The van der Waals surface area contributed by atoms with Crippen LogP contribution >= 0.6 is 0 Å². The Morgan fingerprint density at radius 2 is 2.12 bits per heavy atom. The highest BCUT2D eigenvalue weighted by Gasteiger charge is 2.18. The van der Waals surface area contributed by atoms with Crippen molar-refractivity contribution in [2.45, 2.75) is 33.1 Å². The summed E-state index contributed by atoms with van der Waals surface area (Å²) in [5.41, 5.74) is 8.79. The quantitative estimate of drug-likeness (QED) is 0.341. The van der Waals surface area contributed by atoms with Gasteiger partial charge in [0.1, 0.15) is 17.1 Å². The summed E-state index contributed by atoms with van der Waals surface area (Å²) in [6.45, 7) is 4.95. The van der Waals surface area contributed by atoms with E-state index in [0.717, 1.165) is 25.0 Å². The first-order chi connectivity index (χ1) is 15.4. The van der Waals surface area contributed by atoms with Gasteiger partial charge in [-0.3, -0.25) is 9.48 Å². The molecular formula is C22H31N7O3. The second kappa shape index (κ2) is 10.3. The van der Waals surface area contributed by atoms with Gasteiger partial charge in [-0.05, 0) is 31.0 Å². The number of aliphatic imine (C=N–C) groups is 1. The van der Waals surface area contributed by atoms with Crippen LogP contribution in [0.4, 0.5) is 5.69 Å². The maximum atomic E-state index is 12.9. The van der Waals surface area contributed by atoms with Crippen molar-refractivity contribution < 1.29 is 9.84 Å². The minimum Gasteiger partial charge on any atom is -0.493 e. The molecule has 32 heavy (non-hydrogen) atoms. The first kappa shape index (κ1) is 23.3. The Balaban J connectivity index is 2.15. The molecule has 0 aliphatic heterocycles. The van der Waals surface area contributed by atoms with Crippen LogP contribution in [0.5, 0.6) is 5.75 Å². The van der Waals surface area contributed by atoms with Crippen molar-refractivity contribution in [1.29, 1.82) is 0 Å². The number of likely N-dealkylation sites (N-methyl/N-ethyl adjacent to an activating group) is 1. The number of aromatic amines is 1. The number of nitrogens with two attached hydrogens (primary N) is 1. The zero-order valence-electron chi connectivity index (χ0n) is 19.1. The van der Waals surface area contributed by atoms with E-state index in [4.69, 9.17) is 20.6 Å². The van der Waals surface area contributed by atoms with E-state index in [1.165, 1.54) is 0 Å². The predicted molar refractivity (Wildman–Crippen MR) is 125 cm³/mol. The second-order valence-electron chi connectivity index (χ2n) is 7.58. The molecule has 0 spiro atoms. The number of aliphatic hydroxyl groups excluding tert-OH is 1. The van der Waals surface area contributed by atoms with Crippen molar-refractivity contribution >= 4 is 22.7 Å². The lowest BCUT2D eigenvalue weighted by Gasteiger charge is -2.16. The monoisotopic (exact) mass is 441 g/mol. The van der Waals surface area contributed by atoms with E-state index < -0.39 is 0 Å². The van der Waals surface area contributed by atoms with Crippen LogP contribution in [0.2, 0.25) is 0 Å². The topological polar surface area (TPSA) is 135 Å². The standard InChI is InChI=1S/C22H31N7O3/c1-5-7-16-18-19(29(4)27-16)21(31)26-20(25-18)15-13-14(8-9-17(15)32-12-6-2)24-22(23)28(3)10-11-30/h8-9,13,30H,5-7,10-12H2,1-4H3,(H2,23,24)(H,25,26,31). The van der Waals surface area contributed by atoms with Crippen LogP contribution in [0.1, 0.15) is 32.4 Å². The SMILES string of the molecule is CCCOc1ccc(N=C(N)N(C)CCO)cc1-c1nc2c(CCC)nn(C)c2c(=O)[nH]1. The minimum absolute atomic E-state index is 0.0296. The molecule has 1 aromatic carbocycles. The number of ether oxygens (including phenoxy) is 1. The smallest absolute Gasteiger partial charge is 0.277 e. The lowest BCUT2D eigenvalue weighted by molar-refractivity contribution is 0.263. The summed E-state index contributed by atoms with van der Waals surface area (Å²) in [6.07, 6.45) is 2.46. The molecule has 2 heterocycles. The van der Waals surface area contributed by atoms with E-state index in [1.807, 2.05) is 6.92 Å². The lowest BCUT2D eigenvalue weighted by atomic mass is 10.1. The van der Waals surface area contributed by atoms with Gasteiger partial charge in [0.25, 0.3) is 5.56 Å². The summed E-state index contributed by atoms with van der Waals surface area (Å²) in [4.78, 5) is 26.6. The molecule has 0 amide bonds. The van der Waals surface area contributed by atoms with E-state index in [2.05, 4.69) is 22.0 Å². The highest BCUT2D eigenvalue weighted by atomic mass is 16.5. The van der Waals surface area contributed by atoms with E-state index in [9.17, 15) is 4.79 Å². The Kier molecular flexibility index (Phi) is 7.47. The van der Waals surface area contributed by atoms with Crippen LogP contribution in [-0.2, 0) is 13.5 Å². The number of fused-ring (bicyclic) bond motifs is 1. The molecule has 0 saturated heterocycles. The lowest BCUT2D eigenvalue weighted by Crippen LogP contribution is -2.35. The summed E-state index contributed by atoms with van der Waals surface area (Å²) in [6, 6.07) is 5.37. The number of aromatic nitrogens is 4. The fourth-order valence-corrected chi connectivity index (χ4v) is 3.37. The minimum atomic E-state index is -0.264. The van der Waals surface area contributed by atoms with Gasteiger partial charge in [-0.2, -0.15) is 5.10 Å². The number of nitrogens with one attached hydrogen (secondary N) is 1. The number of hydrogen-bond acceptors (Lipinski definition) is 6. The van der Waals surface area contributed by atoms with Crippen LogP contribution in [0.15, 0.2) is 28.0 Å². The zero-order chi connectivity index (χ0) is 23.3. The molecule has 0 bridgehead atoms. The van der Waals surface area contributed by atoms with Gasteiger partial charge in [-0.25, -0.2) is 9.98 Å². The van der Waals surface area contributed by atoms with Gasteiger partial charge in [0.2, 0.25) is 0 Å². The van der Waals surface area contributed by atoms with Crippen molar-refractivity contribution in [3.63, 3.8) is 0 Å². The van der Waals surface area contributed by atoms with Crippen LogP contribution in [0, 0.1) is 0 Å². The fourth-order valence-electron chi connectivity index (χ4n) is 3.37. The first-order valence-corrected chi connectivity index (χ1v) is 10.8. The summed E-state index contributed by atoms with van der Waals surface area (Å²) in [7, 11) is 3.49. The van der Waals surface area contributed by atoms with E-state index >= 15 is 0 Å². The Morgan fingerprint density at radius 3 is 2.81 bits per heavy atom. The molecule has 0 atom stereocenters. The van der Waals surface area contributed by atoms with Crippen molar-refractivity contribution in [3.05, 3.63) is 34.2 Å². The molecule has 0 unspecified atom stereocenters. The molecule has 2 aromatic heterocycles. The van der Waals surface area contributed by atoms with Crippen molar-refractivity contribution in [2.75, 3.05) is 26.8 Å². The Morgan fingerprint density at radius 1 is 1.34 bits per heavy atom. The Hall–Kier alpha value is -3.40. The van der Waals surface area contributed by atoms with Crippen molar-refractivity contribution in [1.82, 2.24) is 24.6 Å². The third kappa shape index (κ3) is 4.91. The van der Waals surface area contributed by atoms with Crippen LogP contribution in [0.3, 0.4) is 0 Å². The van der Waals surface area contributed by atoms with Gasteiger partial charge in [0, 0.05) is 20.6 Å². The molecule has 0 aliphatic rings. The van der Waals surface area contributed by atoms with Gasteiger partial charge in [0.05, 0.1) is 30.2 Å². The Labute approximate surface area is 186 Å². The number of nitrogens with zero attached hydrogens (tertiary/aromatic N) is 5. The molecule has 10 heteroatoms. The normalized spacial score (nSPS) is 11.8. The van der Waals surface area contributed by atoms with Gasteiger partial charge >= 0.3 is 0 Å². The van der Waals surface area contributed by atoms with Gasteiger partial charge in [-0.15, -0.1) is 0 Å². The highest BCUT2D eigenvalue weighted by Crippen LogP contribution is 2.32. The fraction of sp³-hybridized carbons (Fsp3) is 0.455. The maximum Gasteiger partial charge on any atom is 0.277 e. The third-order valence-electron chi connectivity index (χ3n) is 5.00. The van der Waals surface area contributed by atoms with Crippen molar-refractivity contribution in [2.24, 2.45) is 17.8 Å². The van der Waals surface area contributed by atoms with Crippen LogP contribution in [-0.4, -0.2) is 62.5 Å². The molecule has 10 nitrogen and oxygen atoms in total. The van der Waals surface area contributed by atoms with E-state index in [-0.39, 0.29) is 18.1 Å². The number of benzene rings is 1. The molecule has 4 N–H and O–H groups in total. The number of H-pyrrole nitrogens is 1. The molecule has 172 valence electrons. The molecule has 0 aliphatic carbocycles. The molecule has 3 aromatic rings.